The van der Waals surface area contributed by atoms with E-state index in [1.165, 1.54) is 56.4 Å². The topological polar surface area (TPSA) is 12.0 Å². The van der Waals surface area contributed by atoms with Gasteiger partial charge in [-0.1, -0.05) is 44.6 Å². The van der Waals surface area contributed by atoms with Crippen molar-refractivity contribution in [2.75, 3.05) is 6.54 Å². The molecule has 1 aromatic heterocycles. The van der Waals surface area contributed by atoms with Crippen LogP contribution in [0, 0.1) is 5.92 Å². The van der Waals surface area contributed by atoms with Gasteiger partial charge in [0.1, 0.15) is 0 Å². The fraction of sp³-hybridized carbons (Fsp3) is 0.714. The van der Waals surface area contributed by atoms with E-state index in [2.05, 4.69) is 22.8 Å². The molecule has 2 rings (SSSR count). The number of hydrogen-bond acceptors (Lipinski definition) is 2. The molecule has 1 heterocycles. The van der Waals surface area contributed by atoms with Crippen LogP contribution < -0.4 is 5.32 Å². The van der Waals surface area contributed by atoms with Gasteiger partial charge in [0.05, 0.1) is 0 Å². The first-order chi connectivity index (χ1) is 7.95. The zero-order valence-electron chi connectivity index (χ0n) is 10.1. The van der Waals surface area contributed by atoms with Crippen LogP contribution in [-0.4, -0.2) is 6.54 Å². The molecule has 1 fully saturated rings. The van der Waals surface area contributed by atoms with Gasteiger partial charge in [-0.15, -0.1) is 11.3 Å². The molecule has 1 saturated carbocycles. The van der Waals surface area contributed by atoms with Gasteiger partial charge in [-0.25, -0.2) is 0 Å². The van der Waals surface area contributed by atoms with E-state index in [9.17, 15) is 0 Å². The van der Waals surface area contributed by atoms with Crippen LogP contribution >= 0.6 is 11.3 Å². The third-order valence-electron chi connectivity index (χ3n) is 3.57. The predicted molar refractivity (Wildman–Crippen MR) is 71.8 cm³/mol. The summed E-state index contributed by atoms with van der Waals surface area (Å²) in [6.07, 6.45) is 10.2. The molecule has 0 atom stereocenters. The normalized spacial score (nSPS) is 17.0. The molecule has 0 amide bonds. The van der Waals surface area contributed by atoms with Crippen LogP contribution in [0.25, 0.3) is 0 Å². The molecule has 90 valence electrons. The van der Waals surface area contributed by atoms with E-state index in [1.807, 2.05) is 11.3 Å². The summed E-state index contributed by atoms with van der Waals surface area (Å²) in [5, 5.41) is 5.67. The highest BCUT2D eigenvalue weighted by molar-refractivity contribution is 7.09. The lowest BCUT2D eigenvalue weighted by Crippen LogP contribution is -2.14. The Balaban J connectivity index is 1.43. The van der Waals surface area contributed by atoms with E-state index in [1.54, 1.807) is 0 Å². The summed E-state index contributed by atoms with van der Waals surface area (Å²) in [4.78, 5) is 1.45. The first-order valence-electron chi connectivity index (χ1n) is 6.68. The van der Waals surface area contributed by atoms with Crippen LogP contribution in [0.5, 0.6) is 0 Å². The number of thiophene rings is 1. The van der Waals surface area contributed by atoms with Crippen LogP contribution in [0.4, 0.5) is 0 Å². The number of nitrogens with one attached hydrogen (secondary N) is 1. The summed E-state index contributed by atoms with van der Waals surface area (Å²) in [6.45, 7) is 2.24. The van der Waals surface area contributed by atoms with Crippen molar-refractivity contribution in [3.63, 3.8) is 0 Å². The minimum absolute atomic E-state index is 1.06. The van der Waals surface area contributed by atoms with Crippen molar-refractivity contribution < 1.29 is 0 Å². The van der Waals surface area contributed by atoms with Crippen LogP contribution in [0.15, 0.2) is 17.5 Å². The maximum absolute atomic E-state index is 3.52. The molecule has 0 spiro atoms. The van der Waals surface area contributed by atoms with E-state index in [-0.39, 0.29) is 0 Å². The molecule has 1 aliphatic carbocycles. The SMILES string of the molecule is c1csc(CNCCCCC2CCCC2)c1. The average molecular weight is 237 g/mol. The van der Waals surface area contributed by atoms with Gasteiger partial charge in [0, 0.05) is 11.4 Å². The summed E-state index contributed by atoms with van der Waals surface area (Å²) < 4.78 is 0. The summed E-state index contributed by atoms with van der Waals surface area (Å²) in [6, 6.07) is 4.33. The summed E-state index contributed by atoms with van der Waals surface area (Å²) in [7, 11) is 0. The molecule has 2 heteroatoms. The summed E-state index contributed by atoms with van der Waals surface area (Å²) in [5.74, 6) is 1.07. The first kappa shape index (κ1) is 12.1. The maximum atomic E-state index is 3.52. The van der Waals surface area contributed by atoms with E-state index < -0.39 is 0 Å². The molecular weight excluding hydrogens is 214 g/mol. The molecule has 1 aliphatic rings. The van der Waals surface area contributed by atoms with Gasteiger partial charge >= 0.3 is 0 Å². The molecule has 1 nitrogen and oxygen atoms in total. The monoisotopic (exact) mass is 237 g/mol. The smallest absolute Gasteiger partial charge is 0.0299 e. The van der Waals surface area contributed by atoms with Crippen LogP contribution in [-0.2, 0) is 6.54 Å². The van der Waals surface area contributed by atoms with E-state index >= 15 is 0 Å². The predicted octanol–water partition coefficient (Wildman–Crippen LogP) is 4.20. The molecule has 0 saturated heterocycles. The van der Waals surface area contributed by atoms with Crippen molar-refractivity contribution in [1.29, 1.82) is 0 Å². The highest BCUT2D eigenvalue weighted by atomic mass is 32.1. The Bertz CT molecular complexity index is 262. The Labute approximate surface area is 103 Å². The zero-order chi connectivity index (χ0) is 11.1. The van der Waals surface area contributed by atoms with Crippen molar-refractivity contribution in [1.82, 2.24) is 5.32 Å². The van der Waals surface area contributed by atoms with E-state index in [4.69, 9.17) is 0 Å². The Kier molecular flexibility index (Phi) is 5.36. The Hall–Kier alpha value is -0.340. The third-order valence-corrected chi connectivity index (χ3v) is 4.45. The third kappa shape index (κ3) is 4.26. The van der Waals surface area contributed by atoms with Gasteiger partial charge in [-0.3, -0.25) is 0 Å². The molecule has 1 N–H and O–H groups in total. The molecule has 0 radical (unpaired) electrons. The Morgan fingerprint density at radius 1 is 1.25 bits per heavy atom. The average Bonchev–Trinajstić information content (AvgIpc) is 2.96. The maximum Gasteiger partial charge on any atom is 0.0299 e. The fourth-order valence-electron chi connectivity index (χ4n) is 2.61. The molecule has 16 heavy (non-hydrogen) atoms. The first-order valence-corrected chi connectivity index (χ1v) is 7.56. The van der Waals surface area contributed by atoms with Gasteiger partial charge in [0.2, 0.25) is 0 Å². The second kappa shape index (κ2) is 7.08. The van der Waals surface area contributed by atoms with Gasteiger partial charge in [-0.2, -0.15) is 0 Å². The lowest BCUT2D eigenvalue weighted by Gasteiger charge is -2.08. The highest BCUT2D eigenvalue weighted by Crippen LogP contribution is 2.28. The molecule has 0 aliphatic heterocycles. The lowest BCUT2D eigenvalue weighted by atomic mass is 10.0. The summed E-state index contributed by atoms with van der Waals surface area (Å²) in [5.41, 5.74) is 0. The Morgan fingerprint density at radius 2 is 2.12 bits per heavy atom. The van der Waals surface area contributed by atoms with Crippen molar-refractivity contribution in [2.45, 2.75) is 51.5 Å². The molecule has 0 aromatic carbocycles. The Morgan fingerprint density at radius 3 is 2.88 bits per heavy atom. The number of hydrogen-bond donors (Lipinski definition) is 1. The van der Waals surface area contributed by atoms with Crippen molar-refractivity contribution in [2.24, 2.45) is 5.92 Å². The van der Waals surface area contributed by atoms with Gasteiger partial charge in [0.15, 0.2) is 0 Å². The van der Waals surface area contributed by atoms with Crippen molar-refractivity contribution in [3.05, 3.63) is 22.4 Å². The lowest BCUT2D eigenvalue weighted by molar-refractivity contribution is 0.466. The molecule has 1 aromatic rings. The van der Waals surface area contributed by atoms with Crippen LogP contribution in [0.3, 0.4) is 0 Å². The van der Waals surface area contributed by atoms with Crippen LogP contribution in [0.1, 0.15) is 49.8 Å². The molecule has 0 unspecified atom stereocenters. The number of rotatable bonds is 7. The second-order valence-corrected chi connectivity index (χ2v) is 5.93. The van der Waals surface area contributed by atoms with Gasteiger partial charge in [-0.05, 0) is 30.3 Å². The minimum atomic E-state index is 1.06. The summed E-state index contributed by atoms with van der Waals surface area (Å²) >= 11 is 1.84. The largest absolute Gasteiger partial charge is 0.312 e. The van der Waals surface area contributed by atoms with Crippen molar-refractivity contribution in [3.8, 4) is 0 Å². The fourth-order valence-corrected chi connectivity index (χ4v) is 3.28. The quantitative estimate of drug-likeness (QED) is 0.701. The van der Waals surface area contributed by atoms with Crippen LogP contribution in [0.2, 0.25) is 0 Å². The second-order valence-electron chi connectivity index (χ2n) is 4.90. The zero-order valence-corrected chi connectivity index (χ0v) is 10.9. The minimum Gasteiger partial charge on any atom is -0.312 e. The molecular formula is C14H23NS. The molecule has 0 bridgehead atoms. The standard InChI is InChI=1S/C14H23NS/c1-2-7-13(6-1)8-3-4-10-15-12-14-9-5-11-16-14/h5,9,11,13,15H,1-4,6-8,10,12H2. The van der Waals surface area contributed by atoms with Gasteiger partial charge in [0.25, 0.3) is 0 Å². The van der Waals surface area contributed by atoms with Gasteiger partial charge < -0.3 is 5.32 Å². The number of unbranched alkanes of at least 4 members (excludes halogenated alkanes) is 1. The van der Waals surface area contributed by atoms with E-state index in [0.29, 0.717) is 0 Å². The van der Waals surface area contributed by atoms with Crippen molar-refractivity contribution >= 4 is 11.3 Å². The van der Waals surface area contributed by atoms with E-state index in [0.717, 1.165) is 12.5 Å². The highest BCUT2D eigenvalue weighted by Gasteiger charge is 2.13.